The molecule has 0 atom stereocenters. The predicted molar refractivity (Wildman–Crippen MR) is 113 cm³/mol. The molecule has 4 rings (SSSR count). The molecule has 142 valence electrons. The van der Waals surface area contributed by atoms with Gasteiger partial charge in [0.2, 0.25) is 0 Å². The van der Waals surface area contributed by atoms with Gasteiger partial charge in [-0.25, -0.2) is 0 Å². The minimum atomic E-state index is 0.796. The van der Waals surface area contributed by atoms with E-state index in [1.54, 1.807) is 0 Å². The molecule has 0 aliphatic carbocycles. The van der Waals surface area contributed by atoms with Gasteiger partial charge in [0.05, 0.1) is 6.61 Å². The standard InChI is InChI=1S/C24H30N2O/c1-19-17-21(27-16-8-14-25-12-5-3-6-13-25)10-11-22(19)23-18-26-15-7-4-9-24(26)20(23)2/h4,7,9-11,15,17-18H,3,5-6,8,12-14,16H2,1-2H3. The highest BCUT2D eigenvalue weighted by atomic mass is 16.5. The molecule has 0 bridgehead atoms. The maximum absolute atomic E-state index is 6.03. The Bertz CT molecular complexity index is 906. The number of pyridine rings is 1. The topological polar surface area (TPSA) is 16.9 Å². The molecule has 0 radical (unpaired) electrons. The lowest BCUT2D eigenvalue weighted by molar-refractivity contribution is 0.205. The summed E-state index contributed by atoms with van der Waals surface area (Å²) in [6, 6.07) is 12.8. The summed E-state index contributed by atoms with van der Waals surface area (Å²) in [6.07, 6.45) is 9.55. The fourth-order valence-corrected chi connectivity index (χ4v) is 4.22. The van der Waals surface area contributed by atoms with E-state index in [2.05, 4.69) is 71.9 Å². The van der Waals surface area contributed by atoms with Crippen LogP contribution < -0.4 is 4.74 Å². The van der Waals surface area contributed by atoms with E-state index in [0.717, 1.165) is 25.3 Å². The van der Waals surface area contributed by atoms with Crippen LogP contribution in [0.1, 0.15) is 36.8 Å². The third-order valence-electron chi connectivity index (χ3n) is 5.77. The van der Waals surface area contributed by atoms with Crippen LogP contribution in [0.4, 0.5) is 0 Å². The molecule has 1 saturated heterocycles. The van der Waals surface area contributed by atoms with Crippen molar-refractivity contribution in [3.63, 3.8) is 0 Å². The van der Waals surface area contributed by atoms with Crippen LogP contribution in [0.2, 0.25) is 0 Å². The van der Waals surface area contributed by atoms with Crippen LogP contribution in [0.15, 0.2) is 48.8 Å². The van der Waals surface area contributed by atoms with E-state index in [9.17, 15) is 0 Å². The van der Waals surface area contributed by atoms with Crippen molar-refractivity contribution >= 4 is 5.52 Å². The largest absolute Gasteiger partial charge is 0.494 e. The van der Waals surface area contributed by atoms with Crippen LogP contribution in [0.3, 0.4) is 0 Å². The van der Waals surface area contributed by atoms with E-state index in [1.165, 1.54) is 60.1 Å². The van der Waals surface area contributed by atoms with E-state index >= 15 is 0 Å². The molecule has 3 heteroatoms. The second kappa shape index (κ2) is 8.18. The van der Waals surface area contributed by atoms with Gasteiger partial charge in [0.1, 0.15) is 5.75 Å². The van der Waals surface area contributed by atoms with Crippen molar-refractivity contribution in [1.29, 1.82) is 0 Å². The fourth-order valence-electron chi connectivity index (χ4n) is 4.22. The summed E-state index contributed by atoms with van der Waals surface area (Å²) in [6.45, 7) is 8.86. The number of aromatic nitrogens is 1. The van der Waals surface area contributed by atoms with Gasteiger partial charge in [-0.15, -0.1) is 0 Å². The molecule has 27 heavy (non-hydrogen) atoms. The van der Waals surface area contributed by atoms with Gasteiger partial charge in [-0.2, -0.15) is 0 Å². The van der Waals surface area contributed by atoms with Crippen LogP contribution >= 0.6 is 0 Å². The van der Waals surface area contributed by atoms with Crippen LogP contribution in [-0.2, 0) is 0 Å². The number of rotatable bonds is 6. The van der Waals surface area contributed by atoms with Gasteiger partial charge in [0.15, 0.2) is 0 Å². The van der Waals surface area contributed by atoms with Gasteiger partial charge in [-0.05, 0) is 87.2 Å². The molecule has 2 aromatic heterocycles. The third kappa shape index (κ3) is 4.03. The molecule has 1 aromatic carbocycles. The van der Waals surface area contributed by atoms with E-state index in [0.29, 0.717) is 0 Å². The lowest BCUT2D eigenvalue weighted by Crippen LogP contribution is -2.31. The number of hydrogen-bond donors (Lipinski definition) is 0. The lowest BCUT2D eigenvalue weighted by atomic mass is 9.99. The zero-order chi connectivity index (χ0) is 18.6. The SMILES string of the molecule is Cc1cc(OCCCN2CCCCC2)ccc1-c1cn2ccccc2c1C. The minimum Gasteiger partial charge on any atom is -0.494 e. The van der Waals surface area contributed by atoms with Crippen LogP contribution in [-0.4, -0.2) is 35.5 Å². The van der Waals surface area contributed by atoms with Crippen molar-refractivity contribution in [2.45, 2.75) is 39.5 Å². The minimum absolute atomic E-state index is 0.796. The van der Waals surface area contributed by atoms with Crippen LogP contribution in [0.25, 0.3) is 16.6 Å². The number of piperidine rings is 1. The number of benzene rings is 1. The second-order valence-electron chi connectivity index (χ2n) is 7.74. The summed E-state index contributed by atoms with van der Waals surface area (Å²) in [5, 5.41) is 0. The van der Waals surface area contributed by atoms with Crippen molar-refractivity contribution in [1.82, 2.24) is 9.30 Å². The Morgan fingerprint density at radius 3 is 2.59 bits per heavy atom. The number of aryl methyl sites for hydroxylation is 2. The first-order valence-corrected chi connectivity index (χ1v) is 10.2. The molecule has 3 nitrogen and oxygen atoms in total. The van der Waals surface area contributed by atoms with Crippen molar-refractivity contribution in [3.05, 3.63) is 59.9 Å². The summed E-state index contributed by atoms with van der Waals surface area (Å²) < 4.78 is 8.23. The average Bonchev–Trinajstić information content (AvgIpc) is 3.03. The summed E-state index contributed by atoms with van der Waals surface area (Å²) >= 11 is 0. The number of fused-ring (bicyclic) bond motifs is 1. The molecular weight excluding hydrogens is 332 g/mol. The molecule has 0 spiro atoms. The number of ether oxygens (including phenoxy) is 1. The normalized spacial score (nSPS) is 15.3. The zero-order valence-corrected chi connectivity index (χ0v) is 16.6. The fraction of sp³-hybridized carbons (Fsp3) is 0.417. The number of nitrogens with zero attached hydrogens (tertiary/aromatic N) is 2. The van der Waals surface area contributed by atoms with Gasteiger partial charge in [0.25, 0.3) is 0 Å². The van der Waals surface area contributed by atoms with Crippen LogP contribution in [0.5, 0.6) is 5.75 Å². The Hall–Kier alpha value is -2.26. The molecule has 3 heterocycles. The highest BCUT2D eigenvalue weighted by molar-refractivity contribution is 5.78. The van der Waals surface area contributed by atoms with Gasteiger partial charge < -0.3 is 14.0 Å². The van der Waals surface area contributed by atoms with Crippen LogP contribution in [0, 0.1) is 13.8 Å². The Labute approximate surface area is 162 Å². The smallest absolute Gasteiger partial charge is 0.119 e. The van der Waals surface area contributed by atoms with Crippen molar-refractivity contribution < 1.29 is 4.74 Å². The Kier molecular flexibility index (Phi) is 5.49. The molecular formula is C24H30N2O. The lowest BCUT2D eigenvalue weighted by Gasteiger charge is -2.26. The second-order valence-corrected chi connectivity index (χ2v) is 7.74. The first-order chi connectivity index (χ1) is 13.2. The maximum Gasteiger partial charge on any atom is 0.119 e. The molecule has 0 saturated carbocycles. The van der Waals surface area contributed by atoms with Crippen molar-refractivity contribution in [2.24, 2.45) is 0 Å². The summed E-state index contributed by atoms with van der Waals surface area (Å²) in [5.74, 6) is 0.983. The predicted octanol–water partition coefficient (Wildman–Crippen LogP) is 5.48. The van der Waals surface area contributed by atoms with Gasteiger partial charge >= 0.3 is 0 Å². The Morgan fingerprint density at radius 1 is 0.963 bits per heavy atom. The molecule has 0 N–H and O–H groups in total. The Balaban J connectivity index is 1.40. The van der Waals surface area contributed by atoms with E-state index < -0.39 is 0 Å². The summed E-state index contributed by atoms with van der Waals surface area (Å²) in [5.41, 5.74) is 6.45. The molecule has 0 amide bonds. The maximum atomic E-state index is 6.03. The van der Waals surface area contributed by atoms with Crippen molar-refractivity contribution in [3.8, 4) is 16.9 Å². The summed E-state index contributed by atoms with van der Waals surface area (Å²) in [7, 11) is 0. The van der Waals surface area contributed by atoms with Gasteiger partial charge in [0, 0.05) is 30.0 Å². The highest BCUT2D eigenvalue weighted by Crippen LogP contribution is 2.32. The third-order valence-corrected chi connectivity index (χ3v) is 5.77. The molecule has 1 aliphatic rings. The molecule has 1 fully saturated rings. The summed E-state index contributed by atoms with van der Waals surface area (Å²) in [4.78, 5) is 2.57. The van der Waals surface area contributed by atoms with E-state index in [1.807, 2.05) is 0 Å². The van der Waals surface area contributed by atoms with Crippen molar-refractivity contribution in [2.75, 3.05) is 26.2 Å². The first kappa shape index (κ1) is 18.1. The van der Waals surface area contributed by atoms with E-state index in [-0.39, 0.29) is 0 Å². The van der Waals surface area contributed by atoms with Gasteiger partial charge in [-0.1, -0.05) is 18.6 Å². The molecule has 1 aliphatic heterocycles. The monoisotopic (exact) mass is 362 g/mol. The number of hydrogen-bond acceptors (Lipinski definition) is 2. The molecule has 0 unspecified atom stereocenters. The van der Waals surface area contributed by atoms with Gasteiger partial charge in [-0.3, -0.25) is 0 Å². The first-order valence-electron chi connectivity index (χ1n) is 10.2. The zero-order valence-electron chi connectivity index (χ0n) is 16.6. The highest BCUT2D eigenvalue weighted by Gasteiger charge is 2.12. The van der Waals surface area contributed by atoms with E-state index in [4.69, 9.17) is 4.74 Å². The quantitative estimate of drug-likeness (QED) is 0.540. The average molecular weight is 363 g/mol. The Morgan fingerprint density at radius 2 is 1.81 bits per heavy atom. The number of likely N-dealkylation sites (tertiary alicyclic amines) is 1. The molecule has 3 aromatic rings.